The molecule has 2 aromatic heterocycles. The van der Waals surface area contributed by atoms with Crippen molar-refractivity contribution in [3.05, 3.63) is 36.4 Å². The largest absolute Gasteiger partial charge is 0.464 e. The number of nitrogens with zero attached hydrogens (tertiary/aromatic N) is 5. The standard InChI is InChI=1S/C16H20N6O4S/c1-26-16(23)13-10-18-14(11-17-13)20-12-3-4-15(19-9-12)21-5-7-22(8-6-21)27(2,24)25/h3-4,9-11H,5-8H2,1-2H3,(H,18,20). The minimum Gasteiger partial charge on any atom is -0.464 e. The van der Waals surface area contributed by atoms with E-state index in [-0.39, 0.29) is 5.69 Å². The lowest BCUT2D eigenvalue weighted by Gasteiger charge is -2.34. The SMILES string of the molecule is COC(=O)c1cnc(Nc2ccc(N3CCN(S(C)(=O)=O)CC3)nc2)cn1. The highest BCUT2D eigenvalue weighted by Gasteiger charge is 2.23. The van der Waals surface area contributed by atoms with Crippen molar-refractivity contribution in [3.63, 3.8) is 0 Å². The molecule has 10 nitrogen and oxygen atoms in total. The average molecular weight is 392 g/mol. The second kappa shape index (κ2) is 7.84. The number of rotatable bonds is 5. The van der Waals surface area contributed by atoms with E-state index < -0.39 is 16.0 Å². The second-order valence-corrected chi connectivity index (χ2v) is 7.94. The van der Waals surface area contributed by atoms with E-state index >= 15 is 0 Å². The first kappa shape index (κ1) is 19.0. The van der Waals surface area contributed by atoms with Crippen LogP contribution in [0.4, 0.5) is 17.3 Å². The minimum atomic E-state index is -3.15. The number of pyridine rings is 1. The fourth-order valence-electron chi connectivity index (χ4n) is 2.65. The molecular formula is C16H20N6O4S. The summed E-state index contributed by atoms with van der Waals surface area (Å²) in [4.78, 5) is 25.9. The molecule has 0 spiro atoms. The first-order chi connectivity index (χ1) is 12.9. The van der Waals surface area contributed by atoms with Crippen LogP contribution in [0.15, 0.2) is 30.7 Å². The quantitative estimate of drug-likeness (QED) is 0.725. The average Bonchev–Trinajstić information content (AvgIpc) is 2.68. The predicted molar refractivity (Wildman–Crippen MR) is 99.5 cm³/mol. The van der Waals surface area contributed by atoms with Crippen LogP contribution >= 0.6 is 0 Å². The van der Waals surface area contributed by atoms with Gasteiger partial charge in [0.2, 0.25) is 10.0 Å². The van der Waals surface area contributed by atoms with Gasteiger partial charge in [0.15, 0.2) is 5.69 Å². The Morgan fingerprint density at radius 3 is 2.33 bits per heavy atom. The molecule has 11 heteroatoms. The van der Waals surface area contributed by atoms with Crippen LogP contribution in [-0.4, -0.2) is 73.2 Å². The number of aromatic nitrogens is 3. The maximum atomic E-state index is 11.6. The van der Waals surface area contributed by atoms with Crippen molar-refractivity contribution in [2.75, 3.05) is 49.8 Å². The van der Waals surface area contributed by atoms with Crippen LogP contribution in [0.5, 0.6) is 0 Å². The molecule has 27 heavy (non-hydrogen) atoms. The van der Waals surface area contributed by atoms with E-state index in [4.69, 9.17) is 0 Å². The maximum absolute atomic E-state index is 11.6. The van der Waals surface area contributed by atoms with Gasteiger partial charge in [-0.15, -0.1) is 0 Å². The van der Waals surface area contributed by atoms with E-state index in [1.165, 1.54) is 30.1 Å². The summed E-state index contributed by atoms with van der Waals surface area (Å²) in [6, 6.07) is 3.70. The summed E-state index contributed by atoms with van der Waals surface area (Å²) < 4.78 is 29.2. The summed E-state index contributed by atoms with van der Waals surface area (Å²) in [6.45, 7) is 2.08. The molecule has 0 aromatic carbocycles. The van der Waals surface area contributed by atoms with Gasteiger partial charge in [-0.1, -0.05) is 0 Å². The number of hydrogen-bond acceptors (Lipinski definition) is 9. The Labute approximate surface area is 157 Å². The molecule has 0 saturated carbocycles. The van der Waals surface area contributed by atoms with Gasteiger partial charge in [0.25, 0.3) is 0 Å². The van der Waals surface area contributed by atoms with Crippen LogP contribution in [0, 0.1) is 0 Å². The summed E-state index contributed by atoms with van der Waals surface area (Å²) in [5, 5.41) is 3.05. The number of anilines is 3. The van der Waals surface area contributed by atoms with Crippen molar-refractivity contribution in [1.29, 1.82) is 0 Å². The Morgan fingerprint density at radius 2 is 1.81 bits per heavy atom. The monoisotopic (exact) mass is 392 g/mol. The first-order valence-electron chi connectivity index (χ1n) is 8.20. The van der Waals surface area contributed by atoms with Crippen LogP contribution in [0.3, 0.4) is 0 Å². The number of carbonyl (C=O) groups excluding carboxylic acids is 1. The molecule has 3 heterocycles. The second-order valence-electron chi connectivity index (χ2n) is 5.96. The van der Waals surface area contributed by atoms with Crippen molar-refractivity contribution in [1.82, 2.24) is 19.3 Å². The highest BCUT2D eigenvalue weighted by atomic mass is 32.2. The van der Waals surface area contributed by atoms with Gasteiger partial charge in [0.05, 0.1) is 37.6 Å². The molecule has 1 fully saturated rings. The lowest BCUT2D eigenvalue weighted by molar-refractivity contribution is 0.0593. The van der Waals surface area contributed by atoms with Gasteiger partial charge < -0.3 is 15.0 Å². The molecule has 2 aromatic rings. The number of ether oxygens (including phenoxy) is 1. The highest BCUT2D eigenvalue weighted by Crippen LogP contribution is 2.19. The van der Waals surface area contributed by atoms with E-state index in [0.717, 1.165) is 5.82 Å². The molecule has 3 rings (SSSR count). The highest BCUT2D eigenvalue weighted by molar-refractivity contribution is 7.88. The molecular weight excluding hydrogens is 372 g/mol. The Bertz CT molecular complexity index is 894. The predicted octanol–water partition coefficient (Wildman–Crippen LogP) is 0.483. The number of hydrogen-bond donors (Lipinski definition) is 1. The normalized spacial score (nSPS) is 15.4. The summed E-state index contributed by atoms with van der Waals surface area (Å²) in [7, 11) is -1.87. The molecule has 0 aliphatic carbocycles. The number of nitrogens with one attached hydrogen (secondary N) is 1. The van der Waals surface area contributed by atoms with Crippen LogP contribution in [0.1, 0.15) is 10.5 Å². The molecule has 1 aliphatic heterocycles. The molecule has 0 amide bonds. The van der Waals surface area contributed by atoms with Crippen molar-refractivity contribution in [2.24, 2.45) is 0 Å². The molecule has 1 aliphatic rings. The van der Waals surface area contributed by atoms with Gasteiger partial charge in [-0.25, -0.2) is 28.2 Å². The lowest BCUT2D eigenvalue weighted by atomic mass is 10.3. The molecule has 0 atom stereocenters. The fourth-order valence-corrected chi connectivity index (χ4v) is 3.47. The molecule has 144 valence electrons. The van der Waals surface area contributed by atoms with Gasteiger partial charge in [-0.3, -0.25) is 0 Å². The third-order valence-electron chi connectivity index (χ3n) is 4.10. The van der Waals surface area contributed by atoms with Crippen molar-refractivity contribution < 1.29 is 17.9 Å². The Hall–Kier alpha value is -2.79. The Morgan fingerprint density at radius 1 is 1.07 bits per heavy atom. The summed E-state index contributed by atoms with van der Waals surface area (Å²) in [5.74, 6) is 0.704. The van der Waals surface area contributed by atoms with Crippen LogP contribution in [0.25, 0.3) is 0 Å². The zero-order valence-corrected chi connectivity index (χ0v) is 15.8. The van der Waals surface area contributed by atoms with E-state index in [1.807, 2.05) is 17.0 Å². The van der Waals surface area contributed by atoms with Crippen LogP contribution in [-0.2, 0) is 14.8 Å². The maximum Gasteiger partial charge on any atom is 0.358 e. The molecule has 1 N–H and O–H groups in total. The van der Waals surface area contributed by atoms with Gasteiger partial charge in [-0.2, -0.15) is 4.31 Å². The number of sulfonamides is 1. The van der Waals surface area contributed by atoms with Crippen molar-refractivity contribution in [2.45, 2.75) is 0 Å². The zero-order valence-electron chi connectivity index (χ0n) is 15.0. The smallest absolute Gasteiger partial charge is 0.358 e. The van der Waals surface area contributed by atoms with E-state index in [1.54, 1.807) is 6.20 Å². The van der Waals surface area contributed by atoms with Gasteiger partial charge in [-0.05, 0) is 12.1 Å². The molecule has 0 radical (unpaired) electrons. The third-order valence-corrected chi connectivity index (χ3v) is 5.40. The third kappa shape index (κ3) is 4.68. The van der Waals surface area contributed by atoms with Crippen LogP contribution < -0.4 is 10.2 Å². The van der Waals surface area contributed by atoms with Gasteiger partial charge >= 0.3 is 5.97 Å². The molecule has 0 bridgehead atoms. The number of methoxy groups -OCH3 is 1. The summed E-state index contributed by atoms with van der Waals surface area (Å²) in [5.41, 5.74) is 0.846. The summed E-state index contributed by atoms with van der Waals surface area (Å²) >= 11 is 0. The van der Waals surface area contributed by atoms with Gasteiger partial charge in [0, 0.05) is 26.2 Å². The number of carbonyl (C=O) groups is 1. The van der Waals surface area contributed by atoms with E-state index in [0.29, 0.717) is 37.7 Å². The minimum absolute atomic E-state index is 0.129. The van der Waals surface area contributed by atoms with E-state index in [2.05, 4.69) is 25.0 Å². The van der Waals surface area contributed by atoms with E-state index in [9.17, 15) is 13.2 Å². The number of piperazine rings is 1. The summed E-state index contributed by atoms with van der Waals surface area (Å²) in [6.07, 6.45) is 5.65. The Balaban J connectivity index is 1.60. The van der Waals surface area contributed by atoms with Gasteiger partial charge in [0.1, 0.15) is 11.6 Å². The molecule has 0 unspecified atom stereocenters. The molecule has 1 saturated heterocycles. The fraction of sp³-hybridized carbons (Fsp3) is 0.375. The van der Waals surface area contributed by atoms with Crippen molar-refractivity contribution in [3.8, 4) is 0 Å². The zero-order chi connectivity index (χ0) is 19.4. The number of esters is 1. The first-order valence-corrected chi connectivity index (χ1v) is 10.0. The Kier molecular flexibility index (Phi) is 5.51. The lowest BCUT2D eigenvalue weighted by Crippen LogP contribution is -2.48. The van der Waals surface area contributed by atoms with Crippen LogP contribution in [0.2, 0.25) is 0 Å². The topological polar surface area (TPSA) is 118 Å². The van der Waals surface area contributed by atoms with Crippen molar-refractivity contribution >= 4 is 33.3 Å².